The number of ether oxygens (including phenoxy) is 2. The average Bonchev–Trinajstić information content (AvgIpc) is 3.40. The number of methoxy groups -OCH3 is 1. The van der Waals surface area contributed by atoms with E-state index in [1.165, 1.54) is 7.11 Å². The first-order valence-electron chi connectivity index (χ1n) is 11.2. The van der Waals surface area contributed by atoms with Crippen molar-refractivity contribution in [1.82, 2.24) is 5.16 Å². The molecule has 0 fully saturated rings. The predicted octanol–water partition coefficient (Wildman–Crippen LogP) is 5.79. The van der Waals surface area contributed by atoms with Gasteiger partial charge in [-0.1, -0.05) is 83.1 Å². The number of nitrogens with zero attached hydrogens (tertiary/aromatic N) is 2. The lowest BCUT2D eigenvalue weighted by Gasteiger charge is -2.08. The number of benzene rings is 3. The zero-order valence-corrected chi connectivity index (χ0v) is 19.4. The minimum absolute atomic E-state index is 0.234. The van der Waals surface area contributed by atoms with Gasteiger partial charge in [0.1, 0.15) is 24.7 Å². The highest BCUT2D eigenvalue weighted by atomic mass is 16.6. The molecule has 0 aliphatic heterocycles. The summed E-state index contributed by atoms with van der Waals surface area (Å²) < 4.78 is 16.0. The number of esters is 1. The monoisotopic (exact) mass is 470 g/mol. The fourth-order valence-electron chi connectivity index (χ4n) is 3.34. The van der Waals surface area contributed by atoms with E-state index < -0.39 is 0 Å². The van der Waals surface area contributed by atoms with E-state index in [0.29, 0.717) is 42.5 Å². The molecule has 0 spiro atoms. The first-order chi connectivity index (χ1) is 17.2. The summed E-state index contributed by atoms with van der Waals surface area (Å²) in [4.78, 5) is 17.1. The summed E-state index contributed by atoms with van der Waals surface area (Å²) in [6, 6.07) is 28.9. The third-order valence-corrected chi connectivity index (χ3v) is 5.23. The number of carbonyl (C=O) groups excluding carboxylic acids is 1. The number of rotatable bonds is 11. The van der Waals surface area contributed by atoms with Crippen LogP contribution in [-0.2, 0) is 27.6 Å². The van der Waals surface area contributed by atoms with E-state index in [4.69, 9.17) is 18.8 Å². The molecule has 0 atom stereocenters. The van der Waals surface area contributed by atoms with Crippen LogP contribution in [0.1, 0.15) is 29.7 Å². The summed E-state index contributed by atoms with van der Waals surface area (Å²) >= 11 is 0. The SMILES string of the molecule is COC(=O)CCC(=NOCc1ccc(OCc2cc(-c3ccccc3)on2)cc1)c1ccccc1. The summed E-state index contributed by atoms with van der Waals surface area (Å²) in [5, 5.41) is 8.36. The van der Waals surface area contributed by atoms with E-state index in [-0.39, 0.29) is 12.4 Å². The van der Waals surface area contributed by atoms with Crippen molar-refractivity contribution in [3.8, 4) is 17.1 Å². The fraction of sp³-hybridized carbons (Fsp3) is 0.179. The van der Waals surface area contributed by atoms with Crippen molar-refractivity contribution in [2.24, 2.45) is 5.16 Å². The van der Waals surface area contributed by atoms with E-state index in [0.717, 1.165) is 16.7 Å². The van der Waals surface area contributed by atoms with Gasteiger partial charge in [0, 0.05) is 18.1 Å². The third-order valence-electron chi connectivity index (χ3n) is 5.23. The Kier molecular flexibility index (Phi) is 8.27. The van der Waals surface area contributed by atoms with E-state index in [2.05, 4.69) is 10.3 Å². The van der Waals surface area contributed by atoms with Gasteiger partial charge in [0.05, 0.1) is 19.2 Å². The van der Waals surface area contributed by atoms with E-state index in [1.807, 2.05) is 91.0 Å². The van der Waals surface area contributed by atoms with Gasteiger partial charge in [-0.05, 0) is 23.3 Å². The Bertz CT molecular complexity index is 1240. The highest BCUT2D eigenvalue weighted by Gasteiger charge is 2.09. The second kappa shape index (κ2) is 12.2. The maximum absolute atomic E-state index is 11.5. The lowest BCUT2D eigenvalue weighted by atomic mass is 10.1. The van der Waals surface area contributed by atoms with Crippen LogP contribution in [0.4, 0.5) is 0 Å². The Morgan fingerprint density at radius 3 is 2.31 bits per heavy atom. The fourth-order valence-corrected chi connectivity index (χ4v) is 3.34. The molecule has 4 aromatic rings. The number of aromatic nitrogens is 1. The molecule has 7 heteroatoms. The molecule has 1 aromatic heterocycles. The molecule has 178 valence electrons. The molecule has 4 rings (SSSR count). The highest BCUT2D eigenvalue weighted by molar-refractivity contribution is 6.01. The standard InChI is InChI=1S/C28H26N2O5/c1-32-28(31)17-16-26(22-8-4-2-5-9-22)30-34-19-21-12-14-25(15-13-21)33-20-24-18-27(35-29-24)23-10-6-3-7-11-23/h2-15,18H,16-17,19-20H2,1H3. The lowest BCUT2D eigenvalue weighted by Crippen LogP contribution is -2.08. The molecular weight excluding hydrogens is 444 g/mol. The smallest absolute Gasteiger partial charge is 0.305 e. The van der Waals surface area contributed by atoms with Crippen LogP contribution >= 0.6 is 0 Å². The van der Waals surface area contributed by atoms with Gasteiger partial charge >= 0.3 is 5.97 Å². The Morgan fingerprint density at radius 1 is 0.886 bits per heavy atom. The van der Waals surface area contributed by atoms with E-state index in [9.17, 15) is 4.79 Å². The molecule has 7 nitrogen and oxygen atoms in total. The Balaban J connectivity index is 1.30. The van der Waals surface area contributed by atoms with Crippen LogP contribution < -0.4 is 4.74 Å². The molecule has 1 heterocycles. The second-order valence-corrected chi connectivity index (χ2v) is 7.73. The Morgan fingerprint density at radius 2 is 1.60 bits per heavy atom. The molecule has 0 radical (unpaired) electrons. The molecule has 0 aliphatic rings. The van der Waals surface area contributed by atoms with Crippen LogP contribution in [-0.4, -0.2) is 23.9 Å². The molecular formula is C28H26N2O5. The summed E-state index contributed by atoms with van der Waals surface area (Å²) in [6.07, 6.45) is 0.662. The number of oxime groups is 1. The quantitative estimate of drug-likeness (QED) is 0.157. The predicted molar refractivity (Wildman–Crippen MR) is 132 cm³/mol. The van der Waals surface area contributed by atoms with Crippen molar-refractivity contribution >= 4 is 11.7 Å². The van der Waals surface area contributed by atoms with Gasteiger partial charge in [-0.15, -0.1) is 0 Å². The van der Waals surface area contributed by atoms with Crippen LogP contribution in [0.2, 0.25) is 0 Å². The van der Waals surface area contributed by atoms with E-state index in [1.54, 1.807) is 0 Å². The van der Waals surface area contributed by atoms with Gasteiger partial charge in [0.15, 0.2) is 5.76 Å². The summed E-state index contributed by atoms with van der Waals surface area (Å²) in [5.41, 5.74) is 4.22. The Labute approximate surface area is 203 Å². The molecule has 0 saturated heterocycles. The van der Waals surface area contributed by atoms with Crippen LogP contribution in [0.25, 0.3) is 11.3 Å². The summed E-state index contributed by atoms with van der Waals surface area (Å²) in [7, 11) is 1.37. The first-order valence-corrected chi connectivity index (χ1v) is 11.2. The van der Waals surface area contributed by atoms with Crippen LogP contribution in [0, 0.1) is 0 Å². The minimum Gasteiger partial charge on any atom is -0.487 e. The largest absolute Gasteiger partial charge is 0.487 e. The van der Waals surface area contributed by atoms with Gasteiger partial charge in [-0.3, -0.25) is 4.79 Å². The summed E-state index contributed by atoms with van der Waals surface area (Å²) in [5.74, 6) is 1.13. The normalized spacial score (nSPS) is 11.2. The second-order valence-electron chi connectivity index (χ2n) is 7.73. The number of carbonyl (C=O) groups is 1. The Hall–Kier alpha value is -4.39. The van der Waals surface area contributed by atoms with Crippen molar-refractivity contribution < 1.29 is 23.6 Å². The highest BCUT2D eigenvalue weighted by Crippen LogP contribution is 2.21. The molecule has 0 amide bonds. The zero-order valence-electron chi connectivity index (χ0n) is 19.4. The van der Waals surface area contributed by atoms with Crippen molar-refractivity contribution in [3.63, 3.8) is 0 Å². The van der Waals surface area contributed by atoms with Crippen LogP contribution in [0.3, 0.4) is 0 Å². The topological polar surface area (TPSA) is 83.2 Å². The van der Waals surface area contributed by atoms with Gasteiger partial charge in [-0.25, -0.2) is 0 Å². The first kappa shape index (κ1) is 23.8. The molecule has 0 aliphatic carbocycles. The van der Waals surface area contributed by atoms with E-state index >= 15 is 0 Å². The van der Waals surface area contributed by atoms with Crippen LogP contribution in [0.15, 0.2) is 101 Å². The van der Waals surface area contributed by atoms with Gasteiger partial charge in [-0.2, -0.15) is 0 Å². The molecule has 35 heavy (non-hydrogen) atoms. The van der Waals surface area contributed by atoms with Crippen molar-refractivity contribution in [2.75, 3.05) is 7.11 Å². The molecule has 0 saturated carbocycles. The van der Waals surface area contributed by atoms with Crippen LogP contribution in [0.5, 0.6) is 5.75 Å². The zero-order chi connectivity index (χ0) is 24.3. The number of hydrogen-bond donors (Lipinski definition) is 0. The molecule has 0 bridgehead atoms. The third kappa shape index (κ3) is 7.04. The maximum atomic E-state index is 11.5. The lowest BCUT2D eigenvalue weighted by molar-refractivity contribution is -0.140. The van der Waals surface area contributed by atoms with Gasteiger partial charge in [0.2, 0.25) is 0 Å². The minimum atomic E-state index is -0.286. The molecule has 3 aromatic carbocycles. The van der Waals surface area contributed by atoms with Crippen molar-refractivity contribution in [2.45, 2.75) is 26.1 Å². The van der Waals surface area contributed by atoms with Gasteiger partial charge < -0.3 is 18.8 Å². The maximum Gasteiger partial charge on any atom is 0.305 e. The number of hydrogen-bond acceptors (Lipinski definition) is 7. The van der Waals surface area contributed by atoms with Crippen molar-refractivity contribution in [1.29, 1.82) is 0 Å². The van der Waals surface area contributed by atoms with Gasteiger partial charge in [0.25, 0.3) is 0 Å². The molecule has 0 N–H and O–H groups in total. The molecule has 0 unspecified atom stereocenters. The van der Waals surface area contributed by atoms with Crippen molar-refractivity contribution in [3.05, 3.63) is 108 Å². The summed E-state index contributed by atoms with van der Waals surface area (Å²) in [6.45, 7) is 0.593. The average molecular weight is 471 g/mol.